The van der Waals surface area contributed by atoms with E-state index in [9.17, 15) is 0 Å². The van der Waals surface area contributed by atoms with Crippen molar-refractivity contribution in [3.8, 4) is 11.5 Å². The molecule has 0 aromatic heterocycles. The Morgan fingerprint density at radius 2 is 1.26 bits per heavy atom. The lowest BCUT2D eigenvalue weighted by Gasteiger charge is -2.19. The summed E-state index contributed by atoms with van der Waals surface area (Å²) in [5, 5.41) is 0.0654. The van der Waals surface area contributed by atoms with Crippen LogP contribution in [-0.4, -0.2) is 14.2 Å². The molecule has 0 radical (unpaired) electrons. The second kappa shape index (κ2) is 6.78. The van der Waals surface area contributed by atoms with Gasteiger partial charge in [-0.2, -0.15) is 0 Å². The largest absolute Gasteiger partial charge is 0.496 e. The normalized spacial score (nSPS) is 10.5. The van der Waals surface area contributed by atoms with Gasteiger partial charge >= 0.3 is 0 Å². The van der Waals surface area contributed by atoms with Gasteiger partial charge in [0.15, 0.2) is 0 Å². The van der Waals surface area contributed by atoms with E-state index >= 15 is 0 Å². The van der Waals surface area contributed by atoms with Gasteiger partial charge in [0.2, 0.25) is 0 Å². The Morgan fingerprint density at radius 1 is 0.842 bits per heavy atom. The van der Waals surface area contributed by atoms with Gasteiger partial charge in [0.1, 0.15) is 11.5 Å². The molecule has 0 amide bonds. The zero-order chi connectivity index (χ0) is 13.7. The van der Waals surface area contributed by atoms with Gasteiger partial charge in [0, 0.05) is 11.1 Å². The van der Waals surface area contributed by atoms with Gasteiger partial charge in [-0.1, -0.05) is 47.2 Å². The van der Waals surface area contributed by atoms with Crippen molar-refractivity contribution in [1.82, 2.24) is 0 Å². The smallest absolute Gasteiger partial charge is 0.123 e. The molecule has 0 saturated heterocycles. The minimum absolute atomic E-state index is 0.0654. The summed E-state index contributed by atoms with van der Waals surface area (Å²) in [4.78, 5) is 0. The molecule has 4 heteroatoms. The molecule has 0 fully saturated rings. The minimum Gasteiger partial charge on any atom is -0.496 e. The highest BCUT2D eigenvalue weighted by Crippen LogP contribution is 2.44. The van der Waals surface area contributed by atoms with Crippen LogP contribution in [0.15, 0.2) is 48.5 Å². The Morgan fingerprint density at radius 3 is 1.63 bits per heavy atom. The van der Waals surface area contributed by atoms with Crippen molar-refractivity contribution in [3.05, 3.63) is 59.7 Å². The third kappa shape index (κ3) is 3.01. The summed E-state index contributed by atoms with van der Waals surface area (Å²) in [6.07, 6.45) is 0. The highest BCUT2D eigenvalue weighted by atomic mass is 33.1. The Kier molecular flexibility index (Phi) is 5.05. The monoisotopic (exact) mass is 292 g/mol. The molecule has 0 aliphatic heterocycles. The lowest BCUT2D eigenvalue weighted by Crippen LogP contribution is -2.01. The quantitative estimate of drug-likeness (QED) is 0.652. The second-order valence-electron chi connectivity index (χ2n) is 3.97. The van der Waals surface area contributed by atoms with Crippen molar-refractivity contribution in [2.45, 2.75) is 5.25 Å². The van der Waals surface area contributed by atoms with E-state index in [1.807, 2.05) is 36.4 Å². The number of para-hydroxylation sites is 2. The Labute approximate surface area is 122 Å². The third-order valence-electron chi connectivity index (χ3n) is 2.95. The van der Waals surface area contributed by atoms with Gasteiger partial charge in [-0.3, -0.25) is 0 Å². The van der Waals surface area contributed by atoms with E-state index in [0.717, 1.165) is 22.6 Å². The topological polar surface area (TPSA) is 18.5 Å². The SMILES string of the molecule is COc1ccccc1C(SS)c1ccccc1OC. The first kappa shape index (κ1) is 14.2. The van der Waals surface area contributed by atoms with Crippen LogP contribution >= 0.6 is 22.5 Å². The van der Waals surface area contributed by atoms with Crippen LogP contribution < -0.4 is 9.47 Å². The fraction of sp³-hybridized carbons (Fsp3) is 0.200. The van der Waals surface area contributed by atoms with Crippen molar-refractivity contribution < 1.29 is 9.47 Å². The van der Waals surface area contributed by atoms with Gasteiger partial charge in [-0.05, 0) is 12.1 Å². The maximum atomic E-state index is 5.44. The van der Waals surface area contributed by atoms with Gasteiger partial charge in [0.25, 0.3) is 0 Å². The van der Waals surface area contributed by atoms with E-state index in [-0.39, 0.29) is 5.25 Å². The molecule has 0 bridgehead atoms. The van der Waals surface area contributed by atoms with E-state index in [0.29, 0.717) is 0 Å². The zero-order valence-electron chi connectivity index (χ0n) is 10.9. The molecule has 2 aromatic rings. The molecule has 100 valence electrons. The van der Waals surface area contributed by atoms with Crippen LogP contribution in [0, 0.1) is 0 Å². The third-order valence-corrected chi connectivity index (χ3v) is 4.30. The first-order chi connectivity index (χ1) is 9.31. The molecule has 0 spiro atoms. The number of ether oxygens (including phenoxy) is 2. The first-order valence-corrected chi connectivity index (χ1v) is 7.81. The minimum atomic E-state index is 0.0654. The molecule has 2 nitrogen and oxygen atoms in total. The Hall–Kier alpha value is -1.26. The number of thiol groups is 1. The number of hydrogen-bond acceptors (Lipinski definition) is 4. The average molecular weight is 292 g/mol. The average Bonchev–Trinajstić information content (AvgIpc) is 2.49. The van der Waals surface area contributed by atoms with Crippen molar-refractivity contribution in [2.24, 2.45) is 0 Å². The lowest BCUT2D eigenvalue weighted by molar-refractivity contribution is 0.405. The summed E-state index contributed by atoms with van der Waals surface area (Å²) >= 11 is 4.42. The van der Waals surface area contributed by atoms with Crippen molar-refractivity contribution in [3.63, 3.8) is 0 Å². The molecular weight excluding hydrogens is 276 g/mol. The molecule has 2 aromatic carbocycles. The zero-order valence-corrected chi connectivity index (χ0v) is 12.6. The molecule has 0 aliphatic rings. The number of rotatable bonds is 5. The fourth-order valence-corrected chi connectivity index (χ4v) is 3.35. The highest BCUT2D eigenvalue weighted by molar-refractivity contribution is 8.68. The standard InChI is InChI=1S/C15H16O2S2/c1-16-13-9-5-3-7-11(13)15(19-18)12-8-4-6-10-14(12)17-2/h3-10,15,18H,1-2H3. The van der Waals surface area contributed by atoms with Gasteiger partial charge in [-0.15, -0.1) is 11.7 Å². The van der Waals surface area contributed by atoms with Gasteiger partial charge in [-0.25, -0.2) is 0 Å². The molecule has 2 rings (SSSR count). The van der Waals surface area contributed by atoms with Crippen LogP contribution in [-0.2, 0) is 0 Å². The predicted octanol–water partition coefficient (Wildman–Crippen LogP) is 4.37. The second-order valence-corrected chi connectivity index (χ2v) is 5.28. The van der Waals surface area contributed by atoms with E-state index in [4.69, 9.17) is 9.47 Å². The summed E-state index contributed by atoms with van der Waals surface area (Å²) in [5.41, 5.74) is 2.18. The highest BCUT2D eigenvalue weighted by Gasteiger charge is 2.20. The van der Waals surface area contributed by atoms with Crippen molar-refractivity contribution in [1.29, 1.82) is 0 Å². The molecule has 19 heavy (non-hydrogen) atoms. The molecule has 0 aliphatic carbocycles. The van der Waals surface area contributed by atoms with E-state index < -0.39 is 0 Å². The van der Waals surface area contributed by atoms with Crippen LogP contribution in [0.5, 0.6) is 11.5 Å². The summed E-state index contributed by atoms with van der Waals surface area (Å²) in [6, 6.07) is 16.0. The van der Waals surface area contributed by atoms with Gasteiger partial charge in [0.05, 0.1) is 19.5 Å². The van der Waals surface area contributed by atoms with E-state index in [1.54, 1.807) is 14.2 Å². The van der Waals surface area contributed by atoms with Crippen LogP contribution in [0.4, 0.5) is 0 Å². The molecular formula is C15H16O2S2. The number of methoxy groups -OCH3 is 2. The summed E-state index contributed by atoms with van der Waals surface area (Å²) in [6.45, 7) is 0. The number of benzene rings is 2. The maximum Gasteiger partial charge on any atom is 0.123 e. The Balaban J connectivity index is 2.50. The van der Waals surface area contributed by atoms with Crippen LogP contribution in [0.1, 0.15) is 16.4 Å². The molecule has 0 heterocycles. The fourth-order valence-electron chi connectivity index (χ4n) is 2.05. The van der Waals surface area contributed by atoms with Crippen molar-refractivity contribution in [2.75, 3.05) is 14.2 Å². The number of hydrogen-bond donors (Lipinski definition) is 1. The summed E-state index contributed by atoms with van der Waals surface area (Å²) in [7, 11) is 4.83. The van der Waals surface area contributed by atoms with Crippen LogP contribution in [0.3, 0.4) is 0 Å². The molecule has 0 saturated carbocycles. The Bertz CT molecular complexity index is 496. The van der Waals surface area contributed by atoms with E-state index in [1.165, 1.54) is 10.8 Å². The molecule has 0 N–H and O–H groups in total. The molecule has 0 unspecified atom stereocenters. The maximum absolute atomic E-state index is 5.44. The van der Waals surface area contributed by atoms with E-state index in [2.05, 4.69) is 23.8 Å². The predicted molar refractivity (Wildman–Crippen MR) is 84.4 cm³/mol. The van der Waals surface area contributed by atoms with Gasteiger partial charge < -0.3 is 9.47 Å². The van der Waals surface area contributed by atoms with Crippen LogP contribution in [0.25, 0.3) is 0 Å². The summed E-state index contributed by atoms with van der Waals surface area (Å²) in [5.74, 6) is 1.72. The van der Waals surface area contributed by atoms with Crippen molar-refractivity contribution >= 4 is 22.5 Å². The first-order valence-electron chi connectivity index (χ1n) is 5.88. The summed E-state index contributed by atoms with van der Waals surface area (Å²) < 4.78 is 10.9. The molecule has 0 atom stereocenters. The van der Waals surface area contributed by atoms with Crippen LogP contribution in [0.2, 0.25) is 0 Å². The lowest BCUT2D eigenvalue weighted by atomic mass is 10.0.